The first-order valence-corrected chi connectivity index (χ1v) is 10.3. The molecular weight excluding hydrogens is 375 g/mol. The van der Waals surface area contributed by atoms with E-state index in [1.54, 1.807) is 24.3 Å². The number of piperidine rings is 1. The van der Waals surface area contributed by atoms with Gasteiger partial charge in [0.15, 0.2) is 0 Å². The zero-order valence-electron chi connectivity index (χ0n) is 14.0. The summed E-state index contributed by atoms with van der Waals surface area (Å²) in [6, 6.07) is 13.0. The molecule has 2 aromatic carbocycles. The predicted octanol–water partition coefficient (Wildman–Crippen LogP) is 4.53. The number of rotatable bonds is 3. The molecule has 136 valence electrons. The van der Waals surface area contributed by atoms with Gasteiger partial charge in [-0.25, -0.2) is 12.8 Å². The van der Waals surface area contributed by atoms with Crippen molar-refractivity contribution >= 4 is 32.5 Å². The maximum Gasteiger partial charge on any atom is 0.243 e. The molecule has 0 amide bonds. The molecule has 4 nitrogen and oxygen atoms in total. The number of nitrogens with zero attached hydrogens (tertiary/aromatic N) is 1. The fourth-order valence-electron chi connectivity index (χ4n) is 3.53. The van der Waals surface area contributed by atoms with Crippen LogP contribution in [0.1, 0.15) is 24.5 Å². The summed E-state index contributed by atoms with van der Waals surface area (Å²) in [5.41, 5.74) is 1.93. The summed E-state index contributed by atoms with van der Waals surface area (Å²) in [6.45, 7) is 0.895. The maximum absolute atomic E-state index is 13.4. The number of sulfonamides is 1. The van der Waals surface area contributed by atoms with E-state index < -0.39 is 10.0 Å². The van der Waals surface area contributed by atoms with Crippen LogP contribution in [0.3, 0.4) is 0 Å². The summed E-state index contributed by atoms with van der Waals surface area (Å²) in [4.78, 5) is 3.56. The van der Waals surface area contributed by atoms with E-state index in [9.17, 15) is 12.8 Å². The van der Waals surface area contributed by atoms with Crippen LogP contribution < -0.4 is 0 Å². The molecule has 0 spiro atoms. The summed E-state index contributed by atoms with van der Waals surface area (Å²) >= 11 is 5.93. The minimum Gasteiger partial charge on any atom is -0.358 e. The summed E-state index contributed by atoms with van der Waals surface area (Å²) in [5, 5.41) is 1.25. The Balaban J connectivity index is 1.51. The van der Waals surface area contributed by atoms with E-state index in [0.717, 1.165) is 29.4 Å². The monoisotopic (exact) mass is 392 g/mol. The molecule has 1 aliphatic heterocycles. The van der Waals surface area contributed by atoms with Crippen molar-refractivity contribution in [3.05, 3.63) is 65.1 Å². The molecule has 0 radical (unpaired) electrons. The van der Waals surface area contributed by atoms with Gasteiger partial charge in [0.1, 0.15) is 5.82 Å². The Morgan fingerprint density at radius 1 is 1.08 bits per heavy atom. The van der Waals surface area contributed by atoms with Crippen LogP contribution in [0.25, 0.3) is 10.9 Å². The molecule has 1 aliphatic rings. The molecule has 3 aromatic rings. The van der Waals surface area contributed by atoms with Crippen LogP contribution in [0.2, 0.25) is 5.02 Å². The van der Waals surface area contributed by atoms with Gasteiger partial charge in [0.25, 0.3) is 0 Å². The van der Waals surface area contributed by atoms with Crippen molar-refractivity contribution < 1.29 is 12.8 Å². The van der Waals surface area contributed by atoms with Gasteiger partial charge in [-0.3, -0.25) is 0 Å². The second-order valence-corrected chi connectivity index (χ2v) is 8.97. The predicted molar refractivity (Wildman–Crippen MR) is 100 cm³/mol. The van der Waals surface area contributed by atoms with E-state index in [1.807, 2.05) is 6.07 Å². The lowest BCUT2D eigenvalue weighted by Crippen LogP contribution is -2.37. The lowest BCUT2D eigenvalue weighted by atomic mass is 9.95. The molecule has 0 saturated carbocycles. The average Bonchev–Trinajstić information content (AvgIpc) is 3.05. The van der Waals surface area contributed by atoms with Crippen molar-refractivity contribution in [2.24, 2.45) is 0 Å². The highest BCUT2D eigenvalue weighted by atomic mass is 35.5. The molecule has 0 bridgehead atoms. The Bertz CT molecular complexity index is 1060. The van der Waals surface area contributed by atoms with Crippen LogP contribution in [0, 0.1) is 5.82 Å². The number of aromatic nitrogens is 1. The second kappa shape index (κ2) is 6.68. The smallest absolute Gasteiger partial charge is 0.243 e. The van der Waals surface area contributed by atoms with E-state index in [1.165, 1.54) is 22.5 Å². The van der Waals surface area contributed by atoms with Crippen LogP contribution in [0.4, 0.5) is 4.39 Å². The van der Waals surface area contributed by atoms with Crippen LogP contribution in [-0.4, -0.2) is 30.8 Å². The van der Waals surface area contributed by atoms with Crippen molar-refractivity contribution in [3.63, 3.8) is 0 Å². The number of H-pyrrole nitrogens is 1. The highest BCUT2D eigenvalue weighted by molar-refractivity contribution is 7.89. The van der Waals surface area contributed by atoms with Gasteiger partial charge >= 0.3 is 0 Å². The summed E-state index contributed by atoms with van der Waals surface area (Å²) in [5.74, 6) is -0.0262. The SMILES string of the molecule is O=S(=O)(c1cccc(Cl)c1)N1CCC(c2cc3cc(F)ccc3[nH]2)CC1. The number of fused-ring (bicyclic) bond motifs is 1. The first-order chi connectivity index (χ1) is 12.4. The normalized spacial score (nSPS) is 17.0. The Morgan fingerprint density at radius 3 is 2.58 bits per heavy atom. The van der Waals surface area contributed by atoms with Gasteiger partial charge in [-0.1, -0.05) is 17.7 Å². The lowest BCUT2D eigenvalue weighted by Gasteiger charge is -2.30. The Labute approximate surface area is 156 Å². The quantitative estimate of drug-likeness (QED) is 0.712. The molecular formula is C19H18ClFN2O2S. The number of nitrogens with one attached hydrogen (secondary N) is 1. The third kappa shape index (κ3) is 3.24. The zero-order chi connectivity index (χ0) is 18.3. The van der Waals surface area contributed by atoms with Gasteiger partial charge in [0, 0.05) is 40.6 Å². The minimum absolute atomic E-state index is 0.226. The van der Waals surface area contributed by atoms with Gasteiger partial charge in [-0.15, -0.1) is 0 Å². The largest absolute Gasteiger partial charge is 0.358 e. The van der Waals surface area contributed by atoms with Crippen LogP contribution in [-0.2, 0) is 10.0 Å². The molecule has 0 aliphatic carbocycles. The number of hydrogen-bond donors (Lipinski definition) is 1. The third-order valence-corrected chi connectivity index (χ3v) is 7.06. The Hall–Kier alpha value is -1.89. The Kier molecular flexibility index (Phi) is 4.50. The first kappa shape index (κ1) is 17.5. The van der Waals surface area contributed by atoms with Crippen LogP contribution in [0.15, 0.2) is 53.4 Å². The van der Waals surface area contributed by atoms with Crippen molar-refractivity contribution in [1.29, 1.82) is 0 Å². The van der Waals surface area contributed by atoms with Gasteiger partial charge in [-0.05, 0) is 55.3 Å². The van der Waals surface area contributed by atoms with Gasteiger partial charge in [0.2, 0.25) is 10.0 Å². The molecule has 1 N–H and O–H groups in total. The van der Waals surface area contributed by atoms with E-state index in [2.05, 4.69) is 4.98 Å². The van der Waals surface area contributed by atoms with Crippen LogP contribution in [0.5, 0.6) is 0 Å². The topological polar surface area (TPSA) is 53.2 Å². The molecule has 26 heavy (non-hydrogen) atoms. The lowest BCUT2D eigenvalue weighted by molar-refractivity contribution is 0.317. The van der Waals surface area contributed by atoms with Gasteiger partial charge < -0.3 is 4.98 Å². The number of hydrogen-bond acceptors (Lipinski definition) is 2. The molecule has 1 saturated heterocycles. The van der Waals surface area contributed by atoms with Crippen LogP contribution >= 0.6 is 11.6 Å². The van der Waals surface area contributed by atoms with Crippen molar-refractivity contribution in [3.8, 4) is 0 Å². The number of aromatic amines is 1. The number of halogens is 2. The fraction of sp³-hybridized carbons (Fsp3) is 0.263. The average molecular weight is 393 g/mol. The Morgan fingerprint density at radius 2 is 1.85 bits per heavy atom. The molecule has 7 heteroatoms. The fourth-order valence-corrected chi connectivity index (χ4v) is 5.30. The standard InChI is InChI=1S/C19H18ClFN2O2S/c20-15-2-1-3-17(12-15)26(24,25)23-8-6-13(7-9-23)19-11-14-10-16(21)4-5-18(14)22-19/h1-5,10-13,22H,6-9H2. The summed E-state index contributed by atoms with van der Waals surface area (Å²) < 4.78 is 40.4. The zero-order valence-corrected chi connectivity index (χ0v) is 15.5. The highest BCUT2D eigenvalue weighted by Crippen LogP contribution is 2.32. The first-order valence-electron chi connectivity index (χ1n) is 8.47. The number of benzene rings is 2. The summed E-state index contributed by atoms with van der Waals surface area (Å²) in [6.07, 6.45) is 1.43. The third-order valence-electron chi connectivity index (χ3n) is 4.93. The molecule has 4 rings (SSSR count). The highest BCUT2D eigenvalue weighted by Gasteiger charge is 2.30. The molecule has 0 unspecified atom stereocenters. The van der Waals surface area contributed by atoms with Gasteiger partial charge in [-0.2, -0.15) is 4.31 Å². The summed E-state index contributed by atoms with van der Waals surface area (Å²) in [7, 11) is -3.53. The van der Waals surface area contributed by atoms with E-state index in [4.69, 9.17) is 11.6 Å². The van der Waals surface area contributed by atoms with E-state index in [-0.39, 0.29) is 16.6 Å². The minimum atomic E-state index is -3.53. The van der Waals surface area contributed by atoms with E-state index in [0.29, 0.717) is 18.1 Å². The molecule has 2 heterocycles. The van der Waals surface area contributed by atoms with E-state index >= 15 is 0 Å². The van der Waals surface area contributed by atoms with Crippen molar-refractivity contribution in [2.75, 3.05) is 13.1 Å². The second-order valence-electron chi connectivity index (χ2n) is 6.59. The molecule has 1 aromatic heterocycles. The van der Waals surface area contributed by atoms with Crippen molar-refractivity contribution in [1.82, 2.24) is 9.29 Å². The maximum atomic E-state index is 13.4. The molecule has 1 fully saturated rings. The van der Waals surface area contributed by atoms with Gasteiger partial charge in [0.05, 0.1) is 4.90 Å². The van der Waals surface area contributed by atoms with Crippen molar-refractivity contribution in [2.45, 2.75) is 23.7 Å². The molecule has 0 atom stereocenters.